The summed E-state index contributed by atoms with van der Waals surface area (Å²) in [6.07, 6.45) is 0. The van der Waals surface area contributed by atoms with Crippen molar-refractivity contribution in [1.29, 1.82) is 0 Å². The number of fused-ring (bicyclic) bond motifs is 2. The third-order valence-corrected chi connectivity index (χ3v) is 5.16. The normalized spacial score (nSPS) is 12.4. The number of carbonyl (C=O) groups excluding carboxylic acids is 2. The van der Waals surface area contributed by atoms with Gasteiger partial charge in [0.2, 0.25) is 0 Å². The fraction of sp³-hybridized carbons (Fsp3) is 0.0909. The van der Waals surface area contributed by atoms with Crippen LogP contribution in [0.25, 0.3) is 0 Å². The number of hydrogen-bond acceptors (Lipinski definition) is 4. The first-order chi connectivity index (χ1) is 14.4. The molecule has 1 heterocycles. The number of para-hydroxylation sites is 2. The molecule has 0 unspecified atom stereocenters. The molecular weight excluding hydrogens is 460 g/mol. The largest absolute Gasteiger partial charge is 0.457 e. The van der Waals surface area contributed by atoms with Gasteiger partial charge in [-0.05, 0) is 34.1 Å². The second-order valence-electron chi connectivity index (χ2n) is 6.51. The Bertz CT molecular complexity index is 1080. The highest BCUT2D eigenvalue weighted by Crippen LogP contribution is 2.44. The average Bonchev–Trinajstić information content (AvgIpc) is 2.72. The smallest absolute Gasteiger partial charge is 0.318 e. The van der Waals surface area contributed by atoms with E-state index in [0.29, 0.717) is 28.7 Å². The predicted octanol–water partition coefficient (Wildman–Crippen LogP) is 5.15. The van der Waals surface area contributed by atoms with Gasteiger partial charge in [0.05, 0.1) is 5.69 Å². The number of esters is 1. The molecule has 4 rings (SSSR count). The molecule has 0 aromatic heterocycles. The van der Waals surface area contributed by atoms with Crippen LogP contribution in [0.3, 0.4) is 0 Å². The highest BCUT2D eigenvalue weighted by molar-refractivity contribution is 9.10. The Morgan fingerprint density at radius 2 is 1.60 bits per heavy atom. The van der Waals surface area contributed by atoms with Gasteiger partial charge in [-0.15, -0.1) is 0 Å². The number of halogens is 3. The highest BCUT2D eigenvalue weighted by atomic mass is 79.9. The van der Waals surface area contributed by atoms with Crippen molar-refractivity contribution in [3.05, 3.63) is 87.9 Å². The Hall–Kier alpha value is -3.26. The summed E-state index contributed by atoms with van der Waals surface area (Å²) in [6, 6.07) is 15.8. The van der Waals surface area contributed by atoms with Crippen LogP contribution in [-0.4, -0.2) is 18.5 Å². The minimum absolute atomic E-state index is 0.0342. The Morgan fingerprint density at radius 1 is 1.00 bits per heavy atom. The summed E-state index contributed by atoms with van der Waals surface area (Å²) in [5.41, 5.74) is 1.00. The zero-order chi connectivity index (χ0) is 21.3. The summed E-state index contributed by atoms with van der Waals surface area (Å²) in [5.74, 6) is -2.86. The molecule has 0 radical (unpaired) electrons. The van der Waals surface area contributed by atoms with E-state index in [0.717, 1.165) is 6.07 Å². The van der Waals surface area contributed by atoms with Gasteiger partial charge in [0.25, 0.3) is 5.91 Å². The van der Waals surface area contributed by atoms with Crippen molar-refractivity contribution < 1.29 is 27.8 Å². The number of hydrogen-bond donors (Lipinski definition) is 1. The van der Waals surface area contributed by atoms with Gasteiger partial charge in [-0.1, -0.05) is 36.4 Å². The van der Waals surface area contributed by atoms with E-state index in [1.54, 1.807) is 48.5 Å². The van der Waals surface area contributed by atoms with Crippen LogP contribution in [0.1, 0.15) is 17.0 Å². The fourth-order valence-corrected chi connectivity index (χ4v) is 3.73. The lowest BCUT2D eigenvalue weighted by molar-refractivity contribution is -0.148. The number of amides is 1. The van der Waals surface area contributed by atoms with Crippen LogP contribution < -0.4 is 10.1 Å². The van der Waals surface area contributed by atoms with E-state index in [-0.39, 0.29) is 10.2 Å². The lowest BCUT2D eigenvalue weighted by atomic mass is 9.88. The van der Waals surface area contributed by atoms with Gasteiger partial charge in [-0.3, -0.25) is 9.59 Å². The minimum Gasteiger partial charge on any atom is -0.457 e. The highest BCUT2D eigenvalue weighted by Gasteiger charge is 2.33. The molecule has 0 saturated heterocycles. The van der Waals surface area contributed by atoms with E-state index < -0.39 is 36.0 Å². The number of rotatable bonds is 4. The standard InChI is InChI=1S/C22H14BrF2NO4/c23-15-9-12(24)10-16(25)21(15)26-19(27)11-29-22(28)20-13-5-1-3-7-17(13)30-18-8-4-2-6-14(18)20/h1-10,20H,11H2,(H,26,27). The molecule has 0 aliphatic carbocycles. The number of anilines is 1. The molecule has 0 bridgehead atoms. The first-order valence-corrected chi connectivity index (χ1v) is 9.70. The summed E-state index contributed by atoms with van der Waals surface area (Å²) in [7, 11) is 0. The van der Waals surface area contributed by atoms with Gasteiger partial charge in [0, 0.05) is 21.7 Å². The quantitative estimate of drug-likeness (QED) is 0.532. The minimum atomic E-state index is -0.950. The molecular formula is C22H14BrF2NO4. The van der Waals surface area contributed by atoms with Crippen LogP contribution in [-0.2, 0) is 14.3 Å². The van der Waals surface area contributed by atoms with Gasteiger partial charge in [-0.2, -0.15) is 0 Å². The molecule has 1 amide bonds. The fourth-order valence-electron chi connectivity index (χ4n) is 3.22. The number of ether oxygens (including phenoxy) is 2. The van der Waals surface area contributed by atoms with Crippen LogP contribution >= 0.6 is 15.9 Å². The molecule has 3 aromatic rings. The van der Waals surface area contributed by atoms with E-state index in [4.69, 9.17) is 9.47 Å². The van der Waals surface area contributed by atoms with Gasteiger partial charge in [0.1, 0.15) is 23.2 Å². The lowest BCUT2D eigenvalue weighted by Gasteiger charge is -2.26. The third kappa shape index (κ3) is 3.91. The van der Waals surface area contributed by atoms with E-state index in [2.05, 4.69) is 21.2 Å². The molecule has 1 N–H and O–H groups in total. The summed E-state index contributed by atoms with van der Waals surface area (Å²) >= 11 is 2.99. The van der Waals surface area contributed by atoms with Crippen molar-refractivity contribution in [2.24, 2.45) is 0 Å². The maximum atomic E-state index is 13.9. The SMILES string of the molecule is O=C(COC(=O)C1c2ccccc2Oc2ccccc21)Nc1c(F)cc(F)cc1Br. The maximum absolute atomic E-state index is 13.9. The van der Waals surface area contributed by atoms with Crippen LogP contribution in [0.5, 0.6) is 11.5 Å². The number of nitrogens with one attached hydrogen (secondary N) is 1. The molecule has 3 aromatic carbocycles. The Balaban J connectivity index is 1.51. The number of carbonyl (C=O) groups is 2. The predicted molar refractivity (Wildman–Crippen MR) is 108 cm³/mol. The van der Waals surface area contributed by atoms with Crippen LogP contribution in [0, 0.1) is 11.6 Å². The zero-order valence-electron chi connectivity index (χ0n) is 15.3. The monoisotopic (exact) mass is 473 g/mol. The molecule has 0 atom stereocenters. The van der Waals surface area contributed by atoms with Crippen molar-refractivity contribution in [1.82, 2.24) is 0 Å². The van der Waals surface area contributed by atoms with Crippen molar-refractivity contribution in [3.8, 4) is 11.5 Å². The van der Waals surface area contributed by atoms with Crippen molar-refractivity contribution in [2.75, 3.05) is 11.9 Å². The van der Waals surface area contributed by atoms with E-state index in [1.807, 2.05) is 0 Å². The number of benzene rings is 3. The van der Waals surface area contributed by atoms with Gasteiger partial charge in [-0.25, -0.2) is 8.78 Å². The first-order valence-electron chi connectivity index (χ1n) is 8.91. The second-order valence-corrected chi connectivity index (χ2v) is 7.37. The molecule has 0 fully saturated rings. The molecule has 0 saturated carbocycles. The van der Waals surface area contributed by atoms with E-state index in [1.165, 1.54) is 0 Å². The van der Waals surface area contributed by atoms with Crippen LogP contribution in [0.2, 0.25) is 0 Å². The van der Waals surface area contributed by atoms with Crippen LogP contribution in [0.4, 0.5) is 14.5 Å². The summed E-state index contributed by atoms with van der Waals surface area (Å²) in [5, 5.41) is 2.27. The Kier molecular flexibility index (Phi) is 5.50. The van der Waals surface area contributed by atoms with Crippen molar-refractivity contribution in [2.45, 2.75) is 5.92 Å². The van der Waals surface area contributed by atoms with E-state index >= 15 is 0 Å². The Morgan fingerprint density at radius 3 is 2.20 bits per heavy atom. The molecule has 8 heteroatoms. The first kappa shape index (κ1) is 20.0. The van der Waals surface area contributed by atoms with Gasteiger partial charge in [0.15, 0.2) is 12.4 Å². The van der Waals surface area contributed by atoms with E-state index in [9.17, 15) is 18.4 Å². The Labute approximate surface area is 178 Å². The zero-order valence-corrected chi connectivity index (χ0v) is 16.9. The topological polar surface area (TPSA) is 64.6 Å². The second kappa shape index (κ2) is 8.23. The summed E-state index contributed by atoms with van der Waals surface area (Å²) in [6.45, 7) is -0.635. The molecule has 0 spiro atoms. The molecule has 152 valence electrons. The van der Waals surface area contributed by atoms with Crippen molar-refractivity contribution in [3.63, 3.8) is 0 Å². The molecule has 30 heavy (non-hydrogen) atoms. The summed E-state index contributed by atoms with van der Waals surface area (Å²) in [4.78, 5) is 25.1. The van der Waals surface area contributed by atoms with Gasteiger partial charge < -0.3 is 14.8 Å². The van der Waals surface area contributed by atoms with Gasteiger partial charge >= 0.3 is 5.97 Å². The molecule has 1 aliphatic rings. The molecule has 5 nitrogen and oxygen atoms in total. The maximum Gasteiger partial charge on any atom is 0.318 e. The lowest BCUT2D eigenvalue weighted by Crippen LogP contribution is -2.26. The average molecular weight is 474 g/mol. The summed E-state index contributed by atoms with van der Waals surface area (Å²) < 4.78 is 38.2. The van der Waals surface area contributed by atoms with Crippen molar-refractivity contribution >= 4 is 33.5 Å². The van der Waals surface area contributed by atoms with Crippen LogP contribution in [0.15, 0.2) is 65.1 Å². The molecule has 1 aliphatic heterocycles. The third-order valence-electron chi connectivity index (χ3n) is 4.53.